The fraction of sp³-hybridized carbons (Fsp3) is 0.458. The van der Waals surface area contributed by atoms with Crippen LogP contribution in [0.15, 0.2) is 54.6 Å². The molecule has 2 aromatic carbocycles. The molecule has 25 heavy (non-hydrogen) atoms. The van der Waals surface area contributed by atoms with E-state index in [0.29, 0.717) is 23.5 Å². The molecule has 4 atom stereocenters. The molecule has 0 amide bonds. The van der Waals surface area contributed by atoms with E-state index in [1.807, 2.05) is 6.07 Å². The fourth-order valence-corrected chi connectivity index (χ4v) is 5.09. The third kappa shape index (κ3) is 2.65. The zero-order chi connectivity index (χ0) is 17.6. The molecule has 2 saturated carbocycles. The van der Waals surface area contributed by atoms with Crippen LogP contribution < -0.4 is 0 Å². The van der Waals surface area contributed by atoms with Gasteiger partial charge in [0.1, 0.15) is 5.78 Å². The van der Waals surface area contributed by atoms with Crippen molar-refractivity contribution >= 4 is 5.78 Å². The van der Waals surface area contributed by atoms with E-state index in [0.717, 1.165) is 12.8 Å². The Morgan fingerprint density at radius 2 is 1.56 bits per heavy atom. The van der Waals surface area contributed by atoms with E-state index in [9.17, 15) is 4.79 Å². The number of hydrogen-bond acceptors (Lipinski definition) is 1. The van der Waals surface area contributed by atoms with Crippen LogP contribution >= 0.6 is 0 Å². The first-order valence-corrected chi connectivity index (χ1v) is 9.73. The predicted molar refractivity (Wildman–Crippen MR) is 103 cm³/mol. The first-order valence-electron chi connectivity index (χ1n) is 9.73. The van der Waals surface area contributed by atoms with Gasteiger partial charge in [0.05, 0.1) is 0 Å². The molecular weight excluding hydrogens is 304 g/mol. The molecule has 2 aliphatic carbocycles. The maximum absolute atomic E-state index is 13.2. The second-order valence-corrected chi connectivity index (χ2v) is 8.48. The average molecular weight is 332 g/mol. The minimum absolute atomic E-state index is 0.0680. The van der Waals surface area contributed by atoms with Gasteiger partial charge in [0.15, 0.2) is 0 Å². The summed E-state index contributed by atoms with van der Waals surface area (Å²) >= 11 is 0. The molecule has 1 nitrogen and oxygen atoms in total. The van der Waals surface area contributed by atoms with Crippen molar-refractivity contribution in [2.45, 2.75) is 46.0 Å². The number of Topliss-reactive ketones (excluding diaryl/α,β-unsaturated/α-hetero) is 1. The molecule has 0 unspecified atom stereocenters. The molecule has 1 spiro atoms. The first kappa shape index (κ1) is 16.6. The lowest BCUT2D eigenvalue weighted by Crippen LogP contribution is -2.39. The van der Waals surface area contributed by atoms with E-state index in [1.165, 1.54) is 23.1 Å². The molecule has 4 rings (SSSR count). The second-order valence-electron chi connectivity index (χ2n) is 8.48. The zero-order valence-corrected chi connectivity index (χ0v) is 15.5. The molecule has 0 aliphatic heterocycles. The Morgan fingerprint density at radius 1 is 0.920 bits per heavy atom. The summed E-state index contributed by atoms with van der Waals surface area (Å²) in [6.07, 6.45) is 3.34. The van der Waals surface area contributed by atoms with E-state index < -0.39 is 0 Å². The maximum Gasteiger partial charge on any atom is 0.143 e. The average Bonchev–Trinajstić information content (AvgIpc) is 3.38. The monoisotopic (exact) mass is 332 g/mol. The van der Waals surface area contributed by atoms with Crippen LogP contribution in [0.5, 0.6) is 0 Å². The number of carbonyl (C=O) groups is 1. The van der Waals surface area contributed by atoms with E-state index >= 15 is 0 Å². The minimum atomic E-state index is -0.0680. The molecule has 0 aromatic heterocycles. The Balaban J connectivity index is 1.58. The van der Waals surface area contributed by atoms with Gasteiger partial charge in [-0.2, -0.15) is 0 Å². The van der Waals surface area contributed by atoms with Crippen LogP contribution in [0.3, 0.4) is 0 Å². The highest BCUT2D eigenvalue weighted by molar-refractivity contribution is 5.92. The zero-order valence-electron chi connectivity index (χ0n) is 15.5. The van der Waals surface area contributed by atoms with Gasteiger partial charge in [-0.05, 0) is 53.7 Å². The van der Waals surface area contributed by atoms with Crippen molar-refractivity contribution in [3.8, 4) is 11.1 Å². The second kappa shape index (κ2) is 6.12. The third-order valence-corrected chi connectivity index (χ3v) is 6.81. The van der Waals surface area contributed by atoms with Crippen LogP contribution in [-0.4, -0.2) is 5.78 Å². The normalized spacial score (nSPS) is 31.5. The summed E-state index contributed by atoms with van der Waals surface area (Å²) in [6, 6.07) is 19.4. The van der Waals surface area contributed by atoms with Crippen molar-refractivity contribution in [2.24, 2.45) is 23.2 Å². The third-order valence-electron chi connectivity index (χ3n) is 6.81. The molecule has 0 saturated heterocycles. The first-order chi connectivity index (χ1) is 12.0. The SMILES string of the molecule is CC(C)[C@H]1CC[C@@H](C)[C@]2(C[C@@H]2c2ccc(-c3ccccc3)cc2)C1=O. The van der Waals surface area contributed by atoms with Crippen molar-refractivity contribution in [2.75, 3.05) is 0 Å². The van der Waals surface area contributed by atoms with Crippen LogP contribution in [0.2, 0.25) is 0 Å². The van der Waals surface area contributed by atoms with Crippen molar-refractivity contribution in [3.05, 3.63) is 60.2 Å². The topological polar surface area (TPSA) is 17.1 Å². The molecule has 0 N–H and O–H groups in total. The fourth-order valence-electron chi connectivity index (χ4n) is 5.09. The molecule has 1 heteroatoms. The van der Waals surface area contributed by atoms with E-state index in [4.69, 9.17) is 0 Å². The van der Waals surface area contributed by atoms with Crippen LogP contribution in [0.25, 0.3) is 11.1 Å². The van der Waals surface area contributed by atoms with Gasteiger partial charge in [0, 0.05) is 11.3 Å². The molecule has 130 valence electrons. The van der Waals surface area contributed by atoms with Crippen LogP contribution in [0, 0.1) is 23.2 Å². The minimum Gasteiger partial charge on any atom is -0.299 e. The summed E-state index contributed by atoms with van der Waals surface area (Å²) in [5, 5.41) is 0. The summed E-state index contributed by atoms with van der Waals surface area (Å²) in [5.41, 5.74) is 3.79. The Kier molecular flexibility index (Phi) is 4.06. The molecular formula is C24H28O. The van der Waals surface area contributed by atoms with Crippen molar-refractivity contribution < 1.29 is 4.79 Å². The highest BCUT2D eigenvalue weighted by atomic mass is 16.1. The van der Waals surface area contributed by atoms with E-state index in [2.05, 4.69) is 69.3 Å². The molecule has 2 fully saturated rings. The predicted octanol–water partition coefficient (Wildman–Crippen LogP) is 6.10. The Labute approximate surface area is 151 Å². The highest BCUT2D eigenvalue weighted by Gasteiger charge is 2.65. The Hall–Kier alpha value is -1.89. The quantitative estimate of drug-likeness (QED) is 0.664. The van der Waals surface area contributed by atoms with Gasteiger partial charge in [-0.3, -0.25) is 4.79 Å². The van der Waals surface area contributed by atoms with Gasteiger partial charge in [0.2, 0.25) is 0 Å². The molecule has 0 bridgehead atoms. The smallest absolute Gasteiger partial charge is 0.143 e. The number of ketones is 1. The standard InChI is InChI=1S/C24H28O/c1-16(2)21-14-9-17(3)24(23(21)25)15-22(24)20-12-10-19(11-13-20)18-7-5-4-6-8-18/h4-8,10-13,16-17,21-22H,9,14-15H2,1-3H3/t17-,21-,22-,24+/m1/s1. The number of benzene rings is 2. The molecule has 2 aromatic rings. The maximum atomic E-state index is 13.2. The van der Waals surface area contributed by atoms with Gasteiger partial charge >= 0.3 is 0 Å². The Bertz CT molecular complexity index is 758. The van der Waals surface area contributed by atoms with Gasteiger partial charge in [0.25, 0.3) is 0 Å². The van der Waals surface area contributed by atoms with Crippen molar-refractivity contribution in [1.29, 1.82) is 0 Å². The van der Waals surface area contributed by atoms with Gasteiger partial charge in [-0.25, -0.2) is 0 Å². The van der Waals surface area contributed by atoms with Crippen molar-refractivity contribution in [3.63, 3.8) is 0 Å². The van der Waals surface area contributed by atoms with Crippen molar-refractivity contribution in [1.82, 2.24) is 0 Å². The number of rotatable bonds is 3. The highest BCUT2D eigenvalue weighted by Crippen LogP contribution is 2.68. The summed E-state index contributed by atoms with van der Waals surface area (Å²) in [7, 11) is 0. The van der Waals surface area contributed by atoms with Gasteiger partial charge < -0.3 is 0 Å². The Morgan fingerprint density at radius 3 is 2.20 bits per heavy atom. The number of hydrogen-bond donors (Lipinski definition) is 0. The molecule has 0 radical (unpaired) electrons. The van der Waals surface area contributed by atoms with E-state index in [1.54, 1.807) is 0 Å². The lowest BCUT2D eigenvalue weighted by Gasteiger charge is -2.36. The lowest BCUT2D eigenvalue weighted by atomic mass is 9.66. The summed E-state index contributed by atoms with van der Waals surface area (Å²) in [6.45, 7) is 6.71. The van der Waals surface area contributed by atoms with Gasteiger partial charge in [-0.1, -0.05) is 75.4 Å². The lowest BCUT2D eigenvalue weighted by molar-refractivity contribution is -0.135. The largest absolute Gasteiger partial charge is 0.299 e. The van der Waals surface area contributed by atoms with Crippen LogP contribution in [0.4, 0.5) is 0 Å². The summed E-state index contributed by atoms with van der Waals surface area (Å²) in [5.74, 6) is 2.25. The van der Waals surface area contributed by atoms with Crippen LogP contribution in [0.1, 0.15) is 51.5 Å². The van der Waals surface area contributed by atoms with Gasteiger partial charge in [-0.15, -0.1) is 0 Å². The van der Waals surface area contributed by atoms with E-state index in [-0.39, 0.29) is 11.3 Å². The summed E-state index contributed by atoms with van der Waals surface area (Å²) in [4.78, 5) is 13.2. The van der Waals surface area contributed by atoms with Crippen LogP contribution in [-0.2, 0) is 4.79 Å². The molecule has 0 heterocycles. The molecule has 2 aliphatic rings. The number of carbonyl (C=O) groups excluding carboxylic acids is 1. The summed E-state index contributed by atoms with van der Waals surface area (Å²) < 4.78 is 0.